The third-order valence-corrected chi connectivity index (χ3v) is 4.82. The van der Waals surface area contributed by atoms with E-state index < -0.39 is 17.2 Å². The van der Waals surface area contributed by atoms with Crippen molar-refractivity contribution >= 4 is 28.8 Å². The highest BCUT2D eigenvalue weighted by atomic mass is 35.5. The minimum absolute atomic E-state index is 0.129. The van der Waals surface area contributed by atoms with Crippen molar-refractivity contribution in [3.05, 3.63) is 63.9 Å². The SMILES string of the molecule is COC(=O)c1ccc(CN(CCc2ccc(Cl)c(C)c2)S(=O)[O-])nc1. The molecule has 0 fully saturated rings. The first-order chi connectivity index (χ1) is 11.9. The summed E-state index contributed by atoms with van der Waals surface area (Å²) in [5, 5.41) is 0.683. The first-order valence-electron chi connectivity index (χ1n) is 7.53. The van der Waals surface area contributed by atoms with Gasteiger partial charge in [-0.15, -0.1) is 0 Å². The van der Waals surface area contributed by atoms with Crippen molar-refractivity contribution in [2.75, 3.05) is 13.7 Å². The second kappa shape index (κ2) is 9.05. The second-order valence-corrected chi connectivity index (χ2v) is 6.80. The van der Waals surface area contributed by atoms with Gasteiger partial charge in [-0.2, -0.15) is 0 Å². The van der Waals surface area contributed by atoms with Gasteiger partial charge in [-0.05, 0) is 42.7 Å². The first-order valence-corrected chi connectivity index (χ1v) is 8.94. The summed E-state index contributed by atoms with van der Waals surface area (Å²) in [5.41, 5.74) is 2.82. The Labute approximate surface area is 154 Å². The smallest absolute Gasteiger partial charge is 0.339 e. The minimum atomic E-state index is -2.38. The number of aryl methyl sites for hydroxylation is 1. The van der Waals surface area contributed by atoms with Crippen LogP contribution in [-0.2, 0) is 29.0 Å². The Morgan fingerprint density at radius 3 is 2.68 bits per heavy atom. The van der Waals surface area contributed by atoms with Crippen LogP contribution in [0.3, 0.4) is 0 Å². The van der Waals surface area contributed by atoms with Crippen molar-refractivity contribution in [2.24, 2.45) is 0 Å². The van der Waals surface area contributed by atoms with Crippen LogP contribution in [0.15, 0.2) is 36.5 Å². The molecule has 0 radical (unpaired) electrons. The number of esters is 1. The molecule has 1 unspecified atom stereocenters. The van der Waals surface area contributed by atoms with Crippen LogP contribution in [0.4, 0.5) is 0 Å². The maximum atomic E-state index is 11.5. The molecule has 6 nitrogen and oxygen atoms in total. The number of benzene rings is 1. The van der Waals surface area contributed by atoms with Crippen LogP contribution in [0.25, 0.3) is 0 Å². The third kappa shape index (κ3) is 5.61. The largest absolute Gasteiger partial charge is 0.760 e. The molecule has 0 amide bonds. The van der Waals surface area contributed by atoms with Gasteiger partial charge in [0.1, 0.15) is 0 Å². The number of ether oxygens (including phenoxy) is 1. The summed E-state index contributed by atoms with van der Waals surface area (Å²) < 4.78 is 28.8. The molecule has 1 atom stereocenters. The highest BCUT2D eigenvalue weighted by Crippen LogP contribution is 2.17. The van der Waals surface area contributed by atoms with Crippen molar-refractivity contribution in [2.45, 2.75) is 19.9 Å². The molecule has 0 aliphatic heterocycles. The highest BCUT2D eigenvalue weighted by molar-refractivity contribution is 7.76. The minimum Gasteiger partial charge on any atom is -0.760 e. The Kier molecular flexibility index (Phi) is 7.07. The van der Waals surface area contributed by atoms with Crippen molar-refractivity contribution in [3.8, 4) is 0 Å². The molecule has 1 aromatic heterocycles. The van der Waals surface area contributed by atoms with Crippen LogP contribution in [0.1, 0.15) is 27.2 Å². The summed E-state index contributed by atoms with van der Waals surface area (Å²) in [6.07, 6.45) is 1.93. The number of carbonyl (C=O) groups is 1. The lowest BCUT2D eigenvalue weighted by Gasteiger charge is -2.24. The average molecular weight is 382 g/mol. The predicted molar refractivity (Wildman–Crippen MR) is 94.8 cm³/mol. The summed E-state index contributed by atoms with van der Waals surface area (Å²) in [6.45, 7) is 2.35. The lowest BCUT2D eigenvalue weighted by Crippen LogP contribution is -2.28. The fraction of sp³-hybridized carbons (Fsp3) is 0.294. The molecule has 25 heavy (non-hydrogen) atoms. The molecule has 1 aromatic carbocycles. The lowest BCUT2D eigenvalue weighted by molar-refractivity contribution is 0.0600. The Morgan fingerprint density at radius 2 is 2.12 bits per heavy atom. The van der Waals surface area contributed by atoms with Gasteiger partial charge < -0.3 is 9.29 Å². The van der Waals surface area contributed by atoms with Gasteiger partial charge >= 0.3 is 5.97 Å². The van der Waals surface area contributed by atoms with Gasteiger partial charge in [-0.25, -0.2) is 9.10 Å². The predicted octanol–water partition coefficient (Wildman–Crippen LogP) is 2.67. The maximum Gasteiger partial charge on any atom is 0.339 e. The van der Waals surface area contributed by atoms with E-state index in [2.05, 4.69) is 9.72 Å². The maximum absolute atomic E-state index is 11.5. The van der Waals surface area contributed by atoms with Gasteiger partial charge in [-0.1, -0.05) is 23.7 Å². The molecular weight excluding hydrogens is 364 g/mol. The number of aromatic nitrogens is 1. The summed E-state index contributed by atoms with van der Waals surface area (Å²) >= 11 is 3.62. The molecule has 0 aliphatic rings. The number of pyridine rings is 1. The zero-order chi connectivity index (χ0) is 18.4. The molecule has 0 aliphatic carbocycles. The van der Waals surface area contributed by atoms with E-state index in [0.717, 1.165) is 11.1 Å². The number of hydrogen-bond donors (Lipinski definition) is 0. The van der Waals surface area contributed by atoms with Crippen LogP contribution < -0.4 is 0 Å². The van der Waals surface area contributed by atoms with E-state index in [9.17, 15) is 13.6 Å². The molecule has 134 valence electrons. The van der Waals surface area contributed by atoms with Gasteiger partial charge in [0.2, 0.25) is 0 Å². The number of rotatable bonds is 7. The molecule has 1 heterocycles. The van der Waals surface area contributed by atoms with Gasteiger partial charge in [0.25, 0.3) is 0 Å². The van der Waals surface area contributed by atoms with E-state index in [1.807, 2.05) is 19.1 Å². The molecule has 0 saturated carbocycles. The normalized spacial score (nSPS) is 12.2. The summed E-state index contributed by atoms with van der Waals surface area (Å²) in [4.78, 5) is 15.5. The fourth-order valence-electron chi connectivity index (χ4n) is 2.26. The molecular formula is C17H18ClN2O4S-. The zero-order valence-corrected chi connectivity index (χ0v) is 15.5. The van der Waals surface area contributed by atoms with Crippen molar-refractivity contribution in [3.63, 3.8) is 0 Å². The Morgan fingerprint density at radius 1 is 1.36 bits per heavy atom. The van der Waals surface area contributed by atoms with Gasteiger partial charge in [0, 0.05) is 29.0 Å². The molecule has 0 N–H and O–H groups in total. The van der Waals surface area contributed by atoms with E-state index >= 15 is 0 Å². The monoisotopic (exact) mass is 381 g/mol. The standard InChI is InChI=1S/C17H19ClN2O4S/c1-12-9-13(3-6-16(12)18)7-8-20(25(22)23)11-15-5-4-14(10-19-15)17(21)24-2/h3-6,9-10H,7-8,11H2,1-2H3,(H,22,23)/p-1. The number of nitrogens with zero attached hydrogens (tertiary/aromatic N) is 2. The molecule has 0 spiro atoms. The highest BCUT2D eigenvalue weighted by Gasteiger charge is 2.10. The number of halogens is 1. The van der Waals surface area contributed by atoms with Crippen LogP contribution in [-0.4, -0.2) is 37.7 Å². The molecule has 0 saturated heterocycles. The summed E-state index contributed by atoms with van der Waals surface area (Å²) in [7, 11) is 1.29. The van der Waals surface area contributed by atoms with Crippen LogP contribution in [0.2, 0.25) is 5.02 Å². The lowest BCUT2D eigenvalue weighted by atomic mass is 10.1. The third-order valence-electron chi connectivity index (χ3n) is 3.67. The van der Waals surface area contributed by atoms with E-state index in [-0.39, 0.29) is 6.54 Å². The van der Waals surface area contributed by atoms with Crippen LogP contribution in [0.5, 0.6) is 0 Å². The molecule has 2 rings (SSSR count). The average Bonchev–Trinajstić information content (AvgIpc) is 2.61. The summed E-state index contributed by atoms with van der Waals surface area (Å²) in [6, 6.07) is 8.79. The molecule has 2 aromatic rings. The van der Waals surface area contributed by atoms with Gasteiger partial charge in [0.15, 0.2) is 0 Å². The first kappa shape index (κ1) is 19.5. The zero-order valence-electron chi connectivity index (χ0n) is 13.9. The van der Waals surface area contributed by atoms with Crippen LogP contribution in [0, 0.1) is 6.92 Å². The van der Waals surface area contributed by atoms with E-state index in [0.29, 0.717) is 29.2 Å². The number of methoxy groups -OCH3 is 1. The quantitative estimate of drug-likeness (QED) is 0.544. The number of carbonyl (C=O) groups excluding carboxylic acids is 1. The summed E-state index contributed by atoms with van der Waals surface area (Å²) in [5.74, 6) is -0.485. The van der Waals surface area contributed by atoms with Crippen molar-refractivity contribution in [1.29, 1.82) is 0 Å². The van der Waals surface area contributed by atoms with Crippen molar-refractivity contribution < 1.29 is 18.3 Å². The second-order valence-electron chi connectivity index (χ2n) is 5.44. The van der Waals surface area contributed by atoms with E-state index in [1.54, 1.807) is 18.2 Å². The van der Waals surface area contributed by atoms with E-state index in [1.165, 1.54) is 17.6 Å². The Bertz CT molecular complexity index is 768. The van der Waals surface area contributed by atoms with Gasteiger partial charge in [-0.3, -0.25) is 9.19 Å². The fourth-order valence-corrected chi connectivity index (χ4v) is 2.86. The number of hydrogen-bond acceptors (Lipinski definition) is 5. The molecule has 8 heteroatoms. The van der Waals surface area contributed by atoms with Crippen molar-refractivity contribution in [1.82, 2.24) is 9.29 Å². The Balaban J connectivity index is 2.01. The molecule has 0 bridgehead atoms. The Hall–Kier alpha value is -1.80. The topological polar surface area (TPSA) is 82.6 Å². The van der Waals surface area contributed by atoms with Gasteiger partial charge in [0.05, 0.1) is 24.9 Å². The van der Waals surface area contributed by atoms with Crippen LogP contribution >= 0.6 is 11.6 Å². The van der Waals surface area contributed by atoms with E-state index in [4.69, 9.17) is 11.6 Å².